The second-order valence-electron chi connectivity index (χ2n) is 6.07. The Labute approximate surface area is 143 Å². The molecule has 0 bridgehead atoms. The van der Waals surface area contributed by atoms with Gasteiger partial charge in [0.25, 0.3) is 0 Å². The maximum absolute atomic E-state index is 12.2. The van der Waals surface area contributed by atoms with Crippen LogP contribution in [0.5, 0.6) is 0 Å². The number of nitrogens with one attached hydrogen (secondary N) is 3. The Hall–Kier alpha value is -3.22. The zero-order valence-corrected chi connectivity index (χ0v) is 13.5. The van der Waals surface area contributed by atoms with E-state index in [1.165, 1.54) is 0 Å². The molecule has 0 spiro atoms. The minimum atomic E-state index is -0.734. The molecule has 1 aliphatic rings. The molecular formula is C18H17N5O2. The van der Waals surface area contributed by atoms with Gasteiger partial charge in [-0.25, -0.2) is 0 Å². The van der Waals surface area contributed by atoms with Gasteiger partial charge in [-0.2, -0.15) is 0 Å². The third-order valence-electron chi connectivity index (χ3n) is 4.37. The highest BCUT2D eigenvalue weighted by molar-refractivity contribution is 6.44. The van der Waals surface area contributed by atoms with Crippen LogP contribution in [0.15, 0.2) is 36.9 Å². The fraction of sp³-hybridized carbons (Fsp3) is 0.222. The summed E-state index contributed by atoms with van der Waals surface area (Å²) >= 11 is 0. The highest BCUT2D eigenvalue weighted by Crippen LogP contribution is 2.23. The number of amides is 2. The van der Waals surface area contributed by atoms with Crippen molar-refractivity contribution in [3.8, 4) is 0 Å². The molecule has 3 aromatic rings. The number of aromatic nitrogens is 3. The van der Waals surface area contributed by atoms with Crippen LogP contribution in [0.1, 0.15) is 24.1 Å². The molecule has 0 unspecified atom stereocenters. The van der Waals surface area contributed by atoms with E-state index in [9.17, 15) is 9.59 Å². The zero-order chi connectivity index (χ0) is 17.2. The molecule has 0 fully saturated rings. The summed E-state index contributed by atoms with van der Waals surface area (Å²) < 4.78 is 0. The second kappa shape index (κ2) is 6.35. The summed E-state index contributed by atoms with van der Waals surface area (Å²) in [5, 5.41) is 5.97. The summed E-state index contributed by atoms with van der Waals surface area (Å²) in [6.07, 6.45) is 10.7. The van der Waals surface area contributed by atoms with Crippen molar-refractivity contribution in [2.75, 3.05) is 10.6 Å². The first-order valence-corrected chi connectivity index (χ1v) is 8.22. The number of rotatable bonds is 2. The number of nitrogens with zero attached hydrogens (tertiary/aromatic N) is 2. The van der Waals surface area contributed by atoms with Gasteiger partial charge in [-0.15, -0.1) is 0 Å². The van der Waals surface area contributed by atoms with E-state index < -0.39 is 11.8 Å². The lowest BCUT2D eigenvalue weighted by Gasteiger charge is -2.15. The van der Waals surface area contributed by atoms with Gasteiger partial charge in [-0.05, 0) is 43.4 Å². The van der Waals surface area contributed by atoms with Crippen LogP contribution in [0, 0.1) is 0 Å². The maximum atomic E-state index is 12.2. The van der Waals surface area contributed by atoms with Gasteiger partial charge >= 0.3 is 11.8 Å². The van der Waals surface area contributed by atoms with Crippen molar-refractivity contribution in [3.05, 3.63) is 48.2 Å². The number of pyridine rings is 2. The largest absolute Gasteiger partial charge is 0.359 e. The number of hydrogen-bond acceptors (Lipinski definition) is 4. The first-order valence-electron chi connectivity index (χ1n) is 8.22. The Balaban J connectivity index is 1.46. The molecule has 2 amide bonds. The molecule has 7 nitrogen and oxygen atoms in total. The van der Waals surface area contributed by atoms with Crippen LogP contribution in [0.2, 0.25) is 0 Å². The number of carbonyl (C=O) groups excluding carboxylic acids is 2. The van der Waals surface area contributed by atoms with E-state index in [2.05, 4.69) is 25.6 Å². The molecule has 1 aliphatic carbocycles. The third-order valence-corrected chi connectivity index (χ3v) is 4.37. The average molecular weight is 335 g/mol. The van der Waals surface area contributed by atoms with Crippen LogP contribution in [-0.4, -0.2) is 26.8 Å². The van der Waals surface area contributed by atoms with Gasteiger partial charge in [0.2, 0.25) is 0 Å². The fourth-order valence-corrected chi connectivity index (χ4v) is 3.09. The SMILES string of the molecule is O=C(Nc1cnc2c(c1)CCCC2)C(=O)Nc1c[nH]c2ccncc12. The van der Waals surface area contributed by atoms with Gasteiger partial charge in [0.15, 0.2) is 0 Å². The number of anilines is 2. The predicted molar refractivity (Wildman–Crippen MR) is 94.2 cm³/mol. The van der Waals surface area contributed by atoms with Crippen LogP contribution in [0.4, 0.5) is 11.4 Å². The minimum absolute atomic E-state index is 0.520. The zero-order valence-electron chi connectivity index (χ0n) is 13.5. The molecule has 0 saturated heterocycles. The highest BCUT2D eigenvalue weighted by Gasteiger charge is 2.17. The van der Waals surface area contributed by atoms with Gasteiger partial charge in [0.05, 0.1) is 23.1 Å². The minimum Gasteiger partial charge on any atom is -0.359 e. The summed E-state index contributed by atoms with van der Waals surface area (Å²) in [5.41, 5.74) is 4.13. The van der Waals surface area contributed by atoms with Crippen molar-refractivity contribution < 1.29 is 9.59 Å². The van der Waals surface area contributed by atoms with Crippen LogP contribution in [-0.2, 0) is 22.4 Å². The average Bonchev–Trinajstić information content (AvgIpc) is 3.04. The molecule has 0 aliphatic heterocycles. The van der Waals surface area contributed by atoms with E-state index in [0.29, 0.717) is 11.4 Å². The molecule has 4 rings (SSSR count). The normalized spacial score (nSPS) is 13.3. The maximum Gasteiger partial charge on any atom is 0.314 e. The number of H-pyrrole nitrogens is 1. The van der Waals surface area contributed by atoms with Crippen molar-refractivity contribution in [1.29, 1.82) is 0 Å². The quantitative estimate of drug-likeness (QED) is 0.626. The van der Waals surface area contributed by atoms with Crippen molar-refractivity contribution in [3.63, 3.8) is 0 Å². The summed E-state index contributed by atoms with van der Waals surface area (Å²) in [6.45, 7) is 0. The van der Waals surface area contributed by atoms with E-state index in [-0.39, 0.29) is 0 Å². The lowest BCUT2D eigenvalue weighted by Crippen LogP contribution is -2.29. The van der Waals surface area contributed by atoms with Crippen LogP contribution in [0.25, 0.3) is 10.9 Å². The van der Waals surface area contributed by atoms with Crippen molar-refractivity contribution in [2.45, 2.75) is 25.7 Å². The predicted octanol–water partition coefficient (Wildman–Crippen LogP) is 2.41. The number of aromatic amines is 1. The lowest BCUT2D eigenvalue weighted by atomic mass is 9.96. The first kappa shape index (κ1) is 15.3. The van der Waals surface area contributed by atoms with E-state index in [0.717, 1.165) is 47.8 Å². The number of fused-ring (bicyclic) bond motifs is 2. The standard InChI is InChI=1S/C18H17N5O2/c24-17(22-12-7-11-3-1-2-4-14(11)20-8-12)18(25)23-16-10-21-15-5-6-19-9-13(15)16/h5-10,21H,1-4H2,(H,22,24)(H,23,25). The van der Waals surface area contributed by atoms with Crippen LogP contribution >= 0.6 is 0 Å². The lowest BCUT2D eigenvalue weighted by molar-refractivity contribution is -0.132. The fourth-order valence-electron chi connectivity index (χ4n) is 3.09. The van der Waals surface area contributed by atoms with E-state index in [1.54, 1.807) is 30.9 Å². The van der Waals surface area contributed by atoms with Gasteiger partial charge in [-0.3, -0.25) is 19.6 Å². The number of aryl methyl sites for hydroxylation is 2. The Morgan fingerprint density at radius 3 is 2.84 bits per heavy atom. The molecule has 0 aromatic carbocycles. The summed E-state index contributed by atoms with van der Waals surface area (Å²) in [7, 11) is 0. The van der Waals surface area contributed by atoms with E-state index >= 15 is 0 Å². The van der Waals surface area contributed by atoms with E-state index in [1.807, 2.05) is 6.07 Å². The molecule has 3 aromatic heterocycles. The topological polar surface area (TPSA) is 99.8 Å². The Kier molecular flexibility index (Phi) is 3.89. The molecule has 0 radical (unpaired) electrons. The monoisotopic (exact) mass is 335 g/mol. The van der Waals surface area contributed by atoms with Crippen molar-refractivity contribution >= 4 is 34.1 Å². The Morgan fingerprint density at radius 2 is 1.92 bits per heavy atom. The van der Waals surface area contributed by atoms with Gasteiger partial charge < -0.3 is 15.6 Å². The number of hydrogen-bond donors (Lipinski definition) is 3. The third kappa shape index (κ3) is 3.08. The van der Waals surface area contributed by atoms with Crippen molar-refractivity contribution in [2.24, 2.45) is 0 Å². The molecular weight excluding hydrogens is 318 g/mol. The molecule has 0 atom stereocenters. The number of carbonyl (C=O) groups is 2. The molecule has 3 heterocycles. The summed E-state index contributed by atoms with van der Waals surface area (Å²) in [5.74, 6) is -1.46. The molecule has 126 valence electrons. The molecule has 7 heteroatoms. The Morgan fingerprint density at radius 1 is 1.08 bits per heavy atom. The molecule has 0 saturated carbocycles. The van der Waals surface area contributed by atoms with Gasteiger partial charge in [0, 0.05) is 29.7 Å². The van der Waals surface area contributed by atoms with Gasteiger partial charge in [-0.1, -0.05) is 0 Å². The van der Waals surface area contributed by atoms with Crippen LogP contribution < -0.4 is 10.6 Å². The smallest absolute Gasteiger partial charge is 0.314 e. The summed E-state index contributed by atoms with van der Waals surface area (Å²) in [4.78, 5) is 35.8. The van der Waals surface area contributed by atoms with Crippen LogP contribution in [0.3, 0.4) is 0 Å². The second-order valence-corrected chi connectivity index (χ2v) is 6.07. The van der Waals surface area contributed by atoms with E-state index in [4.69, 9.17) is 0 Å². The van der Waals surface area contributed by atoms with Gasteiger partial charge in [0.1, 0.15) is 0 Å². The molecule has 25 heavy (non-hydrogen) atoms. The highest BCUT2D eigenvalue weighted by atomic mass is 16.2. The Bertz CT molecular complexity index is 963. The molecule has 3 N–H and O–H groups in total. The first-order chi connectivity index (χ1) is 12.2. The van der Waals surface area contributed by atoms with Crippen molar-refractivity contribution in [1.82, 2.24) is 15.0 Å². The summed E-state index contributed by atoms with van der Waals surface area (Å²) in [6, 6.07) is 3.70.